The molecule has 8 heteroatoms. The van der Waals surface area contributed by atoms with Gasteiger partial charge in [-0.2, -0.15) is 11.8 Å². The smallest absolute Gasteiger partial charge is 0.191 e. The first-order valence-electron chi connectivity index (χ1n) is 8.63. The molecular formula is C18H30IN3O3S. The molecule has 0 aliphatic carbocycles. The molecule has 1 unspecified atom stereocenters. The number of methoxy groups -OCH3 is 2. The topological polar surface area (TPSA) is 75.1 Å². The zero-order valence-electron chi connectivity index (χ0n) is 15.7. The molecular weight excluding hydrogens is 465 g/mol. The number of aliphatic imine (C=N–C) groups is 1. The molecule has 0 radical (unpaired) electrons. The van der Waals surface area contributed by atoms with Gasteiger partial charge in [0, 0.05) is 18.8 Å². The normalized spacial score (nSPS) is 19.6. The van der Waals surface area contributed by atoms with Gasteiger partial charge in [-0.1, -0.05) is 6.07 Å². The highest BCUT2D eigenvalue weighted by Gasteiger charge is 2.31. The molecule has 0 spiro atoms. The Bertz CT molecular complexity index is 581. The maximum absolute atomic E-state index is 10.4. The van der Waals surface area contributed by atoms with Crippen LogP contribution in [-0.4, -0.2) is 62.0 Å². The van der Waals surface area contributed by atoms with Crippen LogP contribution in [0.5, 0.6) is 11.5 Å². The summed E-state index contributed by atoms with van der Waals surface area (Å²) in [6, 6.07) is 5.94. The Kier molecular flexibility index (Phi) is 10.5. The van der Waals surface area contributed by atoms with Crippen LogP contribution in [0, 0.1) is 0 Å². The second kappa shape index (κ2) is 11.8. The molecule has 1 aliphatic heterocycles. The molecule has 1 fully saturated rings. The maximum atomic E-state index is 10.4. The first-order chi connectivity index (χ1) is 12.1. The van der Waals surface area contributed by atoms with E-state index >= 15 is 0 Å². The molecule has 1 atom stereocenters. The van der Waals surface area contributed by atoms with Crippen LogP contribution in [0.2, 0.25) is 0 Å². The molecule has 2 rings (SSSR count). The van der Waals surface area contributed by atoms with Gasteiger partial charge < -0.3 is 25.2 Å². The van der Waals surface area contributed by atoms with E-state index in [2.05, 4.69) is 15.6 Å². The highest BCUT2D eigenvalue weighted by Crippen LogP contribution is 2.28. The molecule has 1 aromatic carbocycles. The summed E-state index contributed by atoms with van der Waals surface area (Å²) in [5.41, 5.74) is 0.503. The van der Waals surface area contributed by atoms with E-state index in [4.69, 9.17) is 9.47 Å². The molecule has 1 saturated heterocycles. The number of ether oxygens (including phenoxy) is 2. The summed E-state index contributed by atoms with van der Waals surface area (Å²) in [5.74, 6) is 3.99. The van der Waals surface area contributed by atoms with Gasteiger partial charge in [-0.3, -0.25) is 4.99 Å². The van der Waals surface area contributed by atoms with Crippen LogP contribution in [0.3, 0.4) is 0 Å². The lowest BCUT2D eigenvalue weighted by molar-refractivity contribution is 0.0778. The van der Waals surface area contributed by atoms with E-state index in [1.165, 1.54) is 0 Å². The van der Waals surface area contributed by atoms with Crippen molar-refractivity contribution in [2.24, 2.45) is 4.99 Å². The van der Waals surface area contributed by atoms with Crippen molar-refractivity contribution in [1.82, 2.24) is 10.6 Å². The Balaban J connectivity index is 0.00000338. The van der Waals surface area contributed by atoms with E-state index in [9.17, 15) is 5.11 Å². The largest absolute Gasteiger partial charge is 0.493 e. The SMILES string of the molecule is CCNC(=NCC1(O)CCSC1)NCCc1ccc(OC)c(OC)c1.I. The van der Waals surface area contributed by atoms with Crippen LogP contribution < -0.4 is 20.1 Å². The minimum absolute atomic E-state index is 0. The third-order valence-electron chi connectivity index (χ3n) is 4.11. The predicted octanol–water partition coefficient (Wildman–Crippen LogP) is 2.29. The van der Waals surface area contributed by atoms with Crippen molar-refractivity contribution >= 4 is 41.7 Å². The van der Waals surface area contributed by atoms with Crippen molar-refractivity contribution in [2.75, 3.05) is 45.4 Å². The lowest BCUT2D eigenvalue weighted by Crippen LogP contribution is -2.40. The summed E-state index contributed by atoms with van der Waals surface area (Å²) in [6.07, 6.45) is 1.65. The number of nitrogens with zero attached hydrogens (tertiary/aromatic N) is 1. The number of benzene rings is 1. The first kappa shape index (κ1) is 23.2. The van der Waals surface area contributed by atoms with Crippen molar-refractivity contribution in [3.8, 4) is 11.5 Å². The van der Waals surface area contributed by atoms with Crippen molar-refractivity contribution in [3.63, 3.8) is 0 Å². The minimum atomic E-state index is -0.656. The van der Waals surface area contributed by atoms with Crippen LogP contribution >= 0.6 is 35.7 Å². The maximum Gasteiger partial charge on any atom is 0.191 e. The number of guanidine groups is 1. The molecule has 148 valence electrons. The fourth-order valence-electron chi connectivity index (χ4n) is 2.65. The van der Waals surface area contributed by atoms with Crippen LogP contribution in [0.4, 0.5) is 0 Å². The van der Waals surface area contributed by atoms with E-state index in [0.29, 0.717) is 6.54 Å². The molecule has 1 aliphatic rings. The van der Waals surface area contributed by atoms with Gasteiger partial charge in [-0.05, 0) is 43.2 Å². The van der Waals surface area contributed by atoms with E-state index < -0.39 is 5.60 Å². The van der Waals surface area contributed by atoms with Gasteiger partial charge in [0.25, 0.3) is 0 Å². The van der Waals surface area contributed by atoms with Gasteiger partial charge in [-0.15, -0.1) is 24.0 Å². The molecule has 0 amide bonds. The molecule has 26 heavy (non-hydrogen) atoms. The van der Waals surface area contributed by atoms with Gasteiger partial charge in [-0.25, -0.2) is 0 Å². The summed E-state index contributed by atoms with van der Waals surface area (Å²) in [7, 11) is 3.27. The van der Waals surface area contributed by atoms with Crippen molar-refractivity contribution in [1.29, 1.82) is 0 Å². The van der Waals surface area contributed by atoms with E-state index in [0.717, 1.165) is 60.5 Å². The quantitative estimate of drug-likeness (QED) is 0.292. The number of thioether (sulfide) groups is 1. The zero-order chi connectivity index (χ0) is 18.1. The third-order valence-corrected chi connectivity index (χ3v) is 5.35. The molecule has 0 bridgehead atoms. The highest BCUT2D eigenvalue weighted by molar-refractivity contribution is 14.0. The second-order valence-electron chi connectivity index (χ2n) is 6.09. The summed E-state index contributed by atoms with van der Waals surface area (Å²) < 4.78 is 10.6. The number of nitrogens with one attached hydrogen (secondary N) is 2. The van der Waals surface area contributed by atoms with Gasteiger partial charge >= 0.3 is 0 Å². The average molecular weight is 495 g/mol. The number of aliphatic hydroxyl groups is 1. The molecule has 1 aromatic rings. The lowest BCUT2D eigenvalue weighted by atomic mass is 10.1. The highest BCUT2D eigenvalue weighted by atomic mass is 127. The number of hydrogen-bond donors (Lipinski definition) is 3. The Labute approximate surface area is 177 Å². The number of hydrogen-bond acceptors (Lipinski definition) is 5. The van der Waals surface area contributed by atoms with Crippen molar-refractivity contribution < 1.29 is 14.6 Å². The van der Waals surface area contributed by atoms with E-state index in [1.54, 1.807) is 26.0 Å². The summed E-state index contributed by atoms with van der Waals surface area (Å²) >= 11 is 1.79. The monoisotopic (exact) mass is 495 g/mol. The summed E-state index contributed by atoms with van der Waals surface area (Å²) in [6.45, 7) is 4.00. The molecule has 6 nitrogen and oxygen atoms in total. The zero-order valence-corrected chi connectivity index (χ0v) is 18.9. The predicted molar refractivity (Wildman–Crippen MR) is 120 cm³/mol. The third kappa shape index (κ3) is 7.03. The Morgan fingerprint density at radius 3 is 2.65 bits per heavy atom. The van der Waals surface area contributed by atoms with E-state index in [-0.39, 0.29) is 24.0 Å². The molecule has 0 saturated carbocycles. The first-order valence-corrected chi connectivity index (χ1v) is 9.79. The Morgan fingerprint density at radius 1 is 1.27 bits per heavy atom. The van der Waals surface area contributed by atoms with Crippen molar-refractivity contribution in [2.45, 2.75) is 25.4 Å². The van der Waals surface area contributed by atoms with Gasteiger partial charge in [0.2, 0.25) is 0 Å². The number of rotatable bonds is 8. The van der Waals surface area contributed by atoms with Crippen LogP contribution in [0.25, 0.3) is 0 Å². The second-order valence-corrected chi connectivity index (χ2v) is 7.19. The molecule has 0 aromatic heterocycles. The standard InChI is InChI=1S/C18H29N3O3S.HI/c1-4-19-17(21-12-18(22)8-10-25-13-18)20-9-7-14-5-6-15(23-2)16(11-14)24-3;/h5-6,11,22H,4,7-10,12-13H2,1-3H3,(H2,19,20,21);1H. The lowest BCUT2D eigenvalue weighted by Gasteiger charge is -2.19. The van der Waals surface area contributed by atoms with Crippen LogP contribution in [0.1, 0.15) is 18.9 Å². The summed E-state index contributed by atoms with van der Waals surface area (Å²) in [5, 5.41) is 17.0. The van der Waals surface area contributed by atoms with Crippen LogP contribution in [-0.2, 0) is 6.42 Å². The Morgan fingerprint density at radius 2 is 2.04 bits per heavy atom. The van der Waals surface area contributed by atoms with Gasteiger partial charge in [0.15, 0.2) is 17.5 Å². The Hall–Kier alpha value is -0.870. The fourth-order valence-corrected chi connectivity index (χ4v) is 3.93. The van der Waals surface area contributed by atoms with Crippen molar-refractivity contribution in [3.05, 3.63) is 23.8 Å². The molecule has 1 heterocycles. The minimum Gasteiger partial charge on any atom is -0.493 e. The summed E-state index contributed by atoms with van der Waals surface area (Å²) in [4.78, 5) is 4.55. The molecule has 3 N–H and O–H groups in total. The van der Waals surface area contributed by atoms with Crippen LogP contribution in [0.15, 0.2) is 23.2 Å². The average Bonchev–Trinajstić information content (AvgIpc) is 3.06. The van der Waals surface area contributed by atoms with Gasteiger partial charge in [0.05, 0.1) is 26.4 Å². The fraction of sp³-hybridized carbons (Fsp3) is 0.611. The van der Waals surface area contributed by atoms with E-state index in [1.807, 2.05) is 25.1 Å². The number of halogens is 1. The van der Waals surface area contributed by atoms with Gasteiger partial charge in [0.1, 0.15) is 0 Å².